The summed E-state index contributed by atoms with van der Waals surface area (Å²) >= 11 is 0. The molecule has 0 spiro atoms. The van der Waals surface area contributed by atoms with Crippen molar-refractivity contribution in [3.8, 4) is 23.0 Å². The van der Waals surface area contributed by atoms with Crippen molar-refractivity contribution in [2.45, 2.75) is 104 Å². The molecule has 2 aromatic carbocycles. The van der Waals surface area contributed by atoms with Gasteiger partial charge in [-0.15, -0.1) is 0 Å². The van der Waals surface area contributed by atoms with Gasteiger partial charge in [0.25, 0.3) is 0 Å². The molecule has 0 fully saturated rings. The van der Waals surface area contributed by atoms with Crippen molar-refractivity contribution in [2.75, 3.05) is 13.2 Å². The normalized spacial score (nSPS) is 10.9. The number of carbonyl (C=O) groups excluding carboxylic acids is 1. The van der Waals surface area contributed by atoms with Gasteiger partial charge < -0.3 is 19.7 Å². The number of benzene rings is 2. The largest absolute Gasteiger partial charge is 0.504 e. The third-order valence-electron chi connectivity index (χ3n) is 6.45. The highest BCUT2D eigenvalue weighted by Crippen LogP contribution is 2.31. The van der Waals surface area contributed by atoms with Crippen LogP contribution >= 0.6 is 0 Å². The van der Waals surface area contributed by atoms with E-state index in [9.17, 15) is 15.0 Å². The molecule has 200 valence electrons. The molecule has 0 atom stereocenters. The van der Waals surface area contributed by atoms with Gasteiger partial charge in [-0.3, -0.25) is 4.79 Å². The summed E-state index contributed by atoms with van der Waals surface area (Å²) in [5.41, 5.74) is 0.845. The number of hydrogen-bond acceptors (Lipinski definition) is 5. The third kappa shape index (κ3) is 10.9. The first kappa shape index (κ1) is 29.5. The maximum atomic E-state index is 13.1. The molecule has 5 heteroatoms. The fourth-order valence-electron chi connectivity index (χ4n) is 4.19. The molecule has 0 saturated heterocycles. The second-order valence-electron chi connectivity index (χ2n) is 9.63. The first-order chi connectivity index (χ1) is 17.6. The second kappa shape index (κ2) is 17.7. The number of unbranched alkanes of at least 4 members (excludes halogenated alkanes) is 12. The summed E-state index contributed by atoms with van der Waals surface area (Å²) in [6.07, 6.45) is 16.6. The van der Waals surface area contributed by atoms with E-state index in [4.69, 9.17) is 9.47 Å². The quantitative estimate of drug-likeness (QED) is 0.141. The summed E-state index contributed by atoms with van der Waals surface area (Å²) in [5.74, 6) is 0.483. The van der Waals surface area contributed by atoms with Crippen LogP contribution in [0.2, 0.25) is 0 Å². The van der Waals surface area contributed by atoms with Crippen molar-refractivity contribution < 1.29 is 24.5 Å². The molecule has 0 saturated carbocycles. The number of aromatic hydroxyl groups is 2. The number of ether oxygens (including phenoxy) is 2. The molecule has 5 nitrogen and oxygen atoms in total. The van der Waals surface area contributed by atoms with Crippen LogP contribution in [0, 0.1) is 0 Å². The van der Waals surface area contributed by atoms with Crippen molar-refractivity contribution in [2.24, 2.45) is 0 Å². The van der Waals surface area contributed by atoms with E-state index in [0.717, 1.165) is 25.7 Å². The summed E-state index contributed by atoms with van der Waals surface area (Å²) in [6.45, 7) is 5.45. The van der Waals surface area contributed by atoms with Gasteiger partial charge in [-0.1, -0.05) is 90.9 Å². The Labute approximate surface area is 217 Å². The molecule has 0 aliphatic carbocycles. The zero-order valence-corrected chi connectivity index (χ0v) is 22.4. The van der Waals surface area contributed by atoms with Crippen LogP contribution in [-0.2, 0) is 0 Å². The van der Waals surface area contributed by atoms with E-state index in [-0.39, 0.29) is 17.3 Å². The maximum absolute atomic E-state index is 13.1. The lowest BCUT2D eigenvalue weighted by Crippen LogP contribution is -2.04. The highest BCUT2D eigenvalue weighted by Gasteiger charge is 2.15. The SMILES string of the molecule is CCCCCCCCCOc1cc(C(=O)c2ccc(O)c(OCCCCCCCCC)c2)ccc1O. The minimum atomic E-state index is -0.212. The fraction of sp³-hybridized carbons (Fsp3) is 0.581. The van der Waals surface area contributed by atoms with E-state index in [1.165, 1.54) is 76.3 Å². The van der Waals surface area contributed by atoms with Gasteiger partial charge in [0.2, 0.25) is 0 Å². The second-order valence-corrected chi connectivity index (χ2v) is 9.63. The molecule has 2 aromatic rings. The standard InChI is InChI=1S/C31H46O5/c1-3-5-7-9-11-13-15-21-35-29-23-25(17-19-27(29)32)31(34)26-18-20-28(33)30(24-26)36-22-16-14-12-10-8-6-4-2/h17-20,23-24,32-33H,3-16,21-22H2,1-2H3. The smallest absolute Gasteiger partial charge is 0.193 e. The molecule has 0 bridgehead atoms. The molecule has 2 rings (SSSR count). The predicted octanol–water partition coefficient (Wildman–Crippen LogP) is 8.59. The van der Waals surface area contributed by atoms with Crippen molar-refractivity contribution in [3.63, 3.8) is 0 Å². The number of hydrogen-bond donors (Lipinski definition) is 2. The van der Waals surface area contributed by atoms with E-state index in [1.807, 2.05) is 0 Å². The number of phenolic OH excluding ortho intramolecular Hbond substituents is 2. The predicted molar refractivity (Wildman–Crippen MR) is 147 cm³/mol. The molecule has 0 aromatic heterocycles. The van der Waals surface area contributed by atoms with Gasteiger partial charge in [0.1, 0.15) is 0 Å². The Hall–Kier alpha value is -2.69. The van der Waals surface area contributed by atoms with Crippen LogP contribution in [0.1, 0.15) is 120 Å². The number of carbonyl (C=O) groups is 1. The van der Waals surface area contributed by atoms with E-state index in [1.54, 1.807) is 24.3 Å². The maximum Gasteiger partial charge on any atom is 0.193 e. The molecule has 0 unspecified atom stereocenters. The van der Waals surface area contributed by atoms with Gasteiger partial charge in [-0.05, 0) is 49.2 Å². The lowest BCUT2D eigenvalue weighted by atomic mass is 10.0. The summed E-state index contributed by atoms with van der Waals surface area (Å²) in [6, 6.07) is 9.33. The minimum absolute atomic E-state index is 0.0268. The van der Waals surface area contributed by atoms with E-state index >= 15 is 0 Å². The highest BCUT2D eigenvalue weighted by molar-refractivity contribution is 6.09. The third-order valence-corrected chi connectivity index (χ3v) is 6.45. The molecule has 36 heavy (non-hydrogen) atoms. The zero-order valence-electron chi connectivity index (χ0n) is 22.4. The molecule has 0 amide bonds. The number of rotatable bonds is 20. The Kier molecular flexibility index (Phi) is 14.5. The summed E-state index contributed by atoms with van der Waals surface area (Å²) < 4.78 is 11.5. The van der Waals surface area contributed by atoms with E-state index in [2.05, 4.69) is 13.8 Å². The van der Waals surface area contributed by atoms with Crippen LogP contribution in [0.3, 0.4) is 0 Å². The molecular formula is C31H46O5. The average Bonchev–Trinajstić information content (AvgIpc) is 2.88. The van der Waals surface area contributed by atoms with E-state index in [0.29, 0.717) is 35.8 Å². The van der Waals surface area contributed by atoms with Crippen molar-refractivity contribution in [1.82, 2.24) is 0 Å². The van der Waals surface area contributed by atoms with Gasteiger partial charge in [0, 0.05) is 11.1 Å². The summed E-state index contributed by atoms with van der Waals surface area (Å²) in [4.78, 5) is 13.1. The first-order valence-corrected chi connectivity index (χ1v) is 14.0. The topological polar surface area (TPSA) is 76.0 Å². The van der Waals surface area contributed by atoms with Crippen LogP contribution in [0.5, 0.6) is 23.0 Å². The van der Waals surface area contributed by atoms with Crippen molar-refractivity contribution in [3.05, 3.63) is 47.5 Å². The van der Waals surface area contributed by atoms with Crippen LogP contribution in [0.4, 0.5) is 0 Å². The Bertz CT molecular complexity index is 821. The Morgan fingerprint density at radius 3 is 1.33 bits per heavy atom. The molecule has 0 aliphatic rings. The number of ketones is 1. The minimum Gasteiger partial charge on any atom is -0.504 e. The molecular weight excluding hydrogens is 452 g/mol. The fourth-order valence-corrected chi connectivity index (χ4v) is 4.19. The monoisotopic (exact) mass is 498 g/mol. The lowest BCUT2D eigenvalue weighted by molar-refractivity contribution is 0.103. The van der Waals surface area contributed by atoms with Crippen molar-refractivity contribution in [1.29, 1.82) is 0 Å². The Morgan fingerprint density at radius 1 is 0.583 bits per heavy atom. The molecule has 0 aliphatic heterocycles. The summed E-state index contributed by atoms with van der Waals surface area (Å²) in [5, 5.41) is 20.4. The van der Waals surface area contributed by atoms with Gasteiger partial charge in [-0.2, -0.15) is 0 Å². The van der Waals surface area contributed by atoms with E-state index < -0.39 is 0 Å². The highest BCUT2D eigenvalue weighted by atomic mass is 16.5. The number of phenols is 2. The van der Waals surface area contributed by atoms with Crippen LogP contribution in [-0.4, -0.2) is 29.2 Å². The van der Waals surface area contributed by atoms with Crippen LogP contribution in [0.15, 0.2) is 36.4 Å². The van der Waals surface area contributed by atoms with Crippen LogP contribution < -0.4 is 9.47 Å². The van der Waals surface area contributed by atoms with Gasteiger partial charge >= 0.3 is 0 Å². The van der Waals surface area contributed by atoms with Gasteiger partial charge in [0.15, 0.2) is 28.8 Å². The molecule has 2 N–H and O–H groups in total. The Morgan fingerprint density at radius 2 is 0.944 bits per heavy atom. The van der Waals surface area contributed by atoms with Crippen molar-refractivity contribution >= 4 is 5.78 Å². The molecule has 0 heterocycles. The Balaban J connectivity index is 1.86. The first-order valence-electron chi connectivity index (χ1n) is 14.0. The van der Waals surface area contributed by atoms with Gasteiger partial charge in [0.05, 0.1) is 13.2 Å². The van der Waals surface area contributed by atoms with Gasteiger partial charge in [-0.25, -0.2) is 0 Å². The summed E-state index contributed by atoms with van der Waals surface area (Å²) in [7, 11) is 0. The lowest BCUT2D eigenvalue weighted by Gasteiger charge is -2.12. The van der Waals surface area contributed by atoms with Crippen LogP contribution in [0.25, 0.3) is 0 Å². The zero-order chi connectivity index (χ0) is 26.0. The molecule has 0 radical (unpaired) electrons. The average molecular weight is 499 g/mol.